The summed E-state index contributed by atoms with van der Waals surface area (Å²) in [4.78, 5) is -0.0857. The summed E-state index contributed by atoms with van der Waals surface area (Å²) in [6.07, 6.45) is 0.306. The second kappa shape index (κ2) is 7.63. The van der Waals surface area contributed by atoms with Crippen LogP contribution in [0.2, 0.25) is 0 Å². The fraction of sp³-hybridized carbons (Fsp3) is 0.294. The normalized spacial score (nSPS) is 17.6. The van der Waals surface area contributed by atoms with Crippen LogP contribution < -0.4 is 0 Å². The van der Waals surface area contributed by atoms with Crippen molar-refractivity contribution < 1.29 is 25.6 Å². The molecule has 1 aliphatic heterocycles. The van der Waals surface area contributed by atoms with Gasteiger partial charge in [-0.2, -0.15) is 8.61 Å². The van der Waals surface area contributed by atoms with Crippen LogP contribution in [0, 0.1) is 11.6 Å². The highest BCUT2D eigenvalue weighted by molar-refractivity contribution is 7.89. The minimum atomic E-state index is -3.85. The van der Waals surface area contributed by atoms with E-state index in [0.717, 1.165) is 24.3 Å². The number of hydrogen-bond acceptors (Lipinski definition) is 4. The molecule has 0 spiro atoms. The van der Waals surface area contributed by atoms with E-state index in [1.807, 2.05) is 0 Å². The fourth-order valence-corrected chi connectivity index (χ4v) is 5.80. The van der Waals surface area contributed by atoms with Gasteiger partial charge in [0, 0.05) is 26.2 Å². The number of nitrogens with zero attached hydrogens (tertiary/aromatic N) is 2. The molecule has 0 saturated carbocycles. The molecule has 0 aliphatic carbocycles. The summed E-state index contributed by atoms with van der Waals surface area (Å²) in [6.45, 7) is 0.241. The van der Waals surface area contributed by atoms with Crippen molar-refractivity contribution >= 4 is 20.0 Å². The van der Waals surface area contributed by atoms with Gasteiger partial charge in [0.15, 0.2) is 0 Å². The van der Waals surface area contributed by atoms with Crippen LogP contribution in [0.1, 0.15) is 6.42 Å². The first-order valence-corrected chi connectivity index (χ1v) is 11.1. The van der Waals surface area contributed by atoms with Gasteiger partial charge in [0.25, 0.3) is 0 Å². The molecule has 2 aromatic rings. The molecule has 1 saturated heterocycles. The van der Waals surface area contributed by atoms with Gasteiger partial charge in [-0.25, -0.2) is 25.6 Å². The van der Waals surface area contributed by atoms with Gasteiger partial charge in [-0.15, -0.1) is 0 Å². The lowest BCUT2D eigenvalue weighted by molar-refractivity contribution is 0.404. The van der Waals surface area contributed by atoms with Crippen LogP contribution in [0.3, 0.4) is 0 Å². The van der Waals surface area contributed by atoms with Crippen LogP contribution >= 0.6 is 0 Å². The van der Waals surface area contributed by atoms with Crippen LogP contribution in [0.25, 0.3) is 0 Å². The third kappa shape index (κ3) is 4.18. The maximum atomic E-state index is 13.0. The van der Waals surface area contributed by atoms with Gasteiger partial charge in [-0.3, -0.25) is 0 Å². The molecule has 0 N–H and O–H groups in total. The Morgan fingerprint density at radius 3 is 1.26 bits per heavy atom. The second-order valence-corrected chi connectivity index (χ2v) is 9.95. The Bertz CT molecular complexity index is 924. The summed E-state index contributed by atoms with van der Waals surface area (Å²) in [5, 5.41) is 0. The largest absolute Gasteiger partial charge is 0.243 e. The van der Waals surface area contributed by atoms with Gasteiger partial charge < -0.3 is 0 Å². The van der Waals surface area contributed by atoms with E-state index in [1.54, 1.807) is 0 Å². The van der Waals surface area contributed by atoms with Crippen molar-refractivity contribution in [3.63, 3.8) is 0 Å². The van der Waals surface area contributed by atoms with Gasteiger partial charge >= 0.3 is 0 Å². The molecule has 0 aromatic heterocycles. The van der Waals surface area contributed by atoms with E-state index >= 15 is 0 Å². The first-order chi connectivity index (χ1) is 12.7. The first kappa shape index (κ1) is 19.9. The molecule has 1 fully saturated rings. The minimum Gasteiger partial charge on any atom is -0.207 e. The molecule has 10 heteroatoms. The van der Waals surface area contributed by atoms with Crippen LogP contribution in [0.4, 0.5) is 8.78 Å². The average Bonchev–Trinajstić information content (AvgIpc) is 2.90. The molecule has 0 atom stereocenters. The van der Waals surface area contributed by atoms with Crippen molar-refractivity contribution in [2.45, 2.75) is 16.2 Å². The van der Waals surface area contributed by atoms with Gasteiger partial charge in [0.2, 0.25) is 20.0 Å². The molecule has 0 unspecified atom stereocenters. The van der Waals surface area contributed by atoms with E-state index in [2.05, 4.69) is 0 Å². The Morgan fingerprint density at radius 1 is 0.593 bits per heavy atom. The van der Waals surface area contributed by atoms with Crippen molar-refractivity contribution in [3.05, 3.63) is 60.2 Å². The summed E-state index contributed by atoms with van der Waals surface area (Å²) in [5.74, 6) is -1.08. The molecule has 0 amide bonds. The number of halogens is 2. The average molecular weight is 416 g/mol. The van der Waals surface area contributed by atoms with Crippen molar-refractivity contribution in [2.75, 3.05) is 26.2 Å². The quantitative estimate of drug-likeness (QED) is 0.765. The van der Waals surface area contributed by atoms with E-state index in [9.17, 15) is 25.6 Å². The SMILES string of the molecule is O=S(=O)(c1ccc(F)cc1)N1CCCN(S(=O)(=O)c2ccc(F)cc2)CC1. The molecule has 6 nitrogen and oxygen atoms in total. The Balaban J connectivity index is 1.79. The van der Waals surface area contributed by atoms with E-state index in [-0.39, 0.29) is 36.0 Å². The molecule has 2 aromatic carbocycles. The summed E-state index contributed by atoms with van der Waals surface area (Å²) >= 11 is 0. The predicted molar refractivity (Wildman–Crippen MR) is 94.9 cm³/mol. The standard InChI is InChI=1S/C17H18F2N2O4S2/c18-14-2-6-16(7-3-14)26(22,23)20-10-1-11-21(13-12-20)27(24,25)17-8-4-15(19)5-9-17/h2-9H,1,10-13H2. The predicted octanol–water partition coefficient (Wildman–Crippen LogP) is 2.05. The maximum absolute atomic E-state index is 13.0. The van der Waals surface area contributed by atoms with Gasteiger partial charge in [0.1, 0.15) is 11.6 Å². The lowest BCUT2D eigenvalue weighted by atomic mass is 10.4. The Hall–Kier alpha value is -1.88. The van der Waals surface area contributed by atoms with Gasteiger partial charge in [-0.1, -0.05) is 0 Å². The monoisotopic (exact) mass is 416 g/mol. The smallest absolute Gasteiger partial charge is 0.207 e. The maximum Gasteiger partial charge on any atom is 0.243 e. The van der Waals surface area contributed by atoms with E-state index in [0.29, 0.717) is 6.42 Å². The number of rotatable bonds is 4. The lowest BCUT2D eigenvalue weighted by Crippen LogP contribution is -2.37. The number of hydrogen-bond donors (Lipinski definition) is 0. The van der Waals surface area contributed by atoms with E-state index in [4.69, 9.17) is 0 Å². The molecule has 27 heavy (non-hydrogen) atoms. The van der Waals surface area contributed by atoms with Crippen molar-refractivity contribution in [3.8, 4) is 0 Å². The molecule has 0 bridgehead atoms. The Labute approximate surface area is 157 Å². The summed E-state index contributed by atoms with van der Waals surface area (Å²) in [6, 6.07) is 8.99. The number of sulfonamides is 2. The summed E-state index contributed by atoms with van der Waals surface area (Å²) in [5.41, 5.74) is 0. The minimum absolute atomic E-state index is 0.0276. The number of benzene rings is 2. The zero-order chi connectivity index (χ0) is 19.7. The fourth-order valence-electron chi connectivity index (χ4n) is 2.86. The summed E-state index contributed by atoms with van der Waals surface area (Å²) < 4.78 is 79.3. The molecule has 146 valence electrons. The molecule has 3 rings (SSSR count). The zero-order valence-electron chi connectivity index (χ0n) is 14.3. The van der Waals surface area contributed by atoms with Crippen LogP contribution in [-0.2, 0) is 20.0 Å². The van der Waals surface area contributed by atoms with Crippen molar-refractivity contribution in [2.24, 2.45) is 0 Å². The van der Waals surface area contributed by atoms with Gasteiger partial charge in [-0.05, 0) is 55.0 Å². The molecule has 0 radical (unpaired) electrons. The van der Waals surface area contributed by atoms with Crippen molar-refractivity contribution in [1.82, 2.24) is 8.61 Å². The highest BCUT2D eigenvalue weighted by Gasteiger charge is 2.31. The van der Waals surface area contributed by atoms with Crippen LogP contribution in [0.15, 0.2) is 58.3 Å². The third-order valence-corrected chi connectivity index (χ3v) is 8.14. The first-order valence-electron chi connectivity index (χ1n) is 8.23. The highest BCUT2D eigenvalue weighted by Crippen LogP contribution is 2.22. The summed E-state index contributed by atoms with van der Waals surface area (Å²) in [7, 11) is -7.69. The Kier molecular flexibility index (Phi) is 5.61. The van der Waals surface area contributed by atoms with E-state index < -0.39 is 31.7 Å². The topological polar surface area (TPSA) is 74.8 Å². The van der Waals surface area contributed by atoms with E-state index in [1.165, 1.54) is 32.9 Å². The van der Waals surface area contributed by atoms with Crippen LogP contribution in [-0.4, -0.2) is 51.6 Å². The third-order valence-electron chi connectivity index (χ3n) is 4.32. The molecular weight excluding hydrogens is 398 g/mol. The van der Waals surface area contributed by atoms with Gasteiger partial charge in [0.05, 0.1) is 9.79 Å². The lowest BCUT2D eigenvalue weighted by Gasteiger charge is -2.21. The van der Waals surface area contributed by atoms with Crippen LogP contribution in [0.5, 0.6) is 0 Å². The second-order valence-electron chi connectivity index (χ2n) is 6.07. The molecule has 1 heterocycles. The van der Waals surface area contributed by atoms with Crippen molar-refractivity contribution in [1.29, 1.82) is 0 Å². The highest BCUT2D eigenvalue weighted by atomic mass is 32.2. The zero-order valence-corrected chi connectivity index (χ0v) is 15.9. The molecule has 1 aliphatic rings. The molecular formula is C17H18F2N2O4S2. The Morgan fingerprint density at radius 2 is 0.926 bits per heavy atom.